The minimum Gasteiger partial charge on any atom is -0.374 e. The molecule has 2 saturated heterocycles. The molecule has 2 atom stereocenters. The summed E-state index contributed by atoms with van der Waals surface area (Å²) in [7, 11) is -2.90. The quantitative estimate of drug-likeness (QED) is 0.599. The van der Waals surface area contributed by atoms with E-state index in [-0.39, 0.29) is 11.1 Å². The summed E-state index contributed by atoms with van der Waals surface area (Å²) in [5, 5.41) is 0.0806. The third-order valence-electron chi connectivity index (χ3n) is 3.00. The minimum atomic E-state index is -2.90. The summed E-state index contributed by atoms with van der Waals surface area (Å²) in [5.74, 6) is 0.480. The van der Waals surface area contributed by atoms with Gasteiger partial charge in [-0.1, -0.05) is 0 Å². The van der Waals surface area contributed by atoms with Crippen molar-refractivity contribution < 1.29 is 13.2 Å². The van der Waals surface area contributed by atoms with E-state index in [1.165, 1.54) is 0 Å². The molecule has 0 bridgehead atoms. The van der Waals surface area contributed by atoms with E-state index in [2.05, 4.69) is 0 Å². The van der Waals surface area contributed by atoms with E-state index < -0.39 is 15.4 Å². The Morgan fingerprint density at radius 3 is 2.86 bits per heavy atom. The monoisotopic (exact) mass is 238 g/mol. The summed E-state index contributed by atoms with van der Waals surface area (Å²) < 4.78 is 28.7. The molecule has 0 aromatic heterocycles. The van der Waals surface area contributed by atoms with Crippen LogP contribution < -0.4 is 0 Å². The molecule has 0 aliphatic carbocycles. The maximum absolute atomic E-state index is 11.5. The van der Waals surface area contributed by atoms with Crippen LogP contribution in [0.3, 0.4) is 0 Å². The van der Waals surface area contributed by atoms with Crippen LogP contribution in [0.2, 0.25) is 0 Å². The normalized spacial score (nSPS) is 42.5. The summed E-state index contributed by atoms with van der Waals surface area (Å²) in [5.41, 5.74) is -0.457. The van der Waals surface area contributed by atoms with E-state index >= 15 is 0 Å². The van der Waals surface area contributed by atoms with Crippen molar-refractivity contribution in [1.82, 2.24) is 0 Å². The van der Waals surface area contributed by atoms with Crippen LogP contribution in [0, 0.1) is 0 Å². The van der Waals surface area contributed by atoms with Gasteiger partial charge in [-0.3, -0.25) is 0 Å². The second-order valence-electron chi connectivity index (χ2n) is 4.32. The Kier molecular flexibility index (Phi) is 2.79. The average Bonchev–Trinajstić information content (AvgIpc) is 2.00. The number of hydrogen-bond acceptors (Lipinski definition) is 3. The summed E-state index contributed by atoms with van der Waals surface area (Å²) in [6.45, 7) is 0.601. The lowest BCUT2D eigenvalue weighted by Gasteiger charge is -2.41. The maximum Gasteiger partial charge on any atom is 0.153 e. The molecule has 2 heterocycles. The van der Waals surface area contributed by atoms with Crippen molar-refractivity contribution >= 4 is 21.4 Å². The van der Waals surface area contributed by atoms with Gasteiger partial charge in [0, 0.05) is 12.0 Å². The molecule has 2 fully saturated rings. The molecular formula is C9H15ClO3S. The number of halogens is 1. The van der Waals surface area contributed by atoms with E-state index in [4.69, 9.17) is 16.3 Å². The Bertz CT molecular complexity index is 310. The third-order valence-corrected chi connectivity index (χ3v) is 5.25. The zero-order chi connectivity index (χ0) is 10.2. The zero-order valence-corrected chi connectivity index (χ0v) is 9.61. The van der Waals surface area contributed by atoms with Gasteiger partial charge in [0.05, 0.1) is 17.1 Å². The van der Waals surface area contributed by atoms with E-state index in [1.807, 2.05) is 0 Å². The first-order chi connectivity index (χ1) is 6.52. The Hall–Kier alpha value is 0.200. The lowest BCUT2D eigenvalue weighted by atomic mass is 9.90. The van der Waals surface area contributed by atoms with Crippen molar-refractivity contribution in [3.05, 3.63) is 0 Å². The van der Waals surface area contributed by atoms with Crippen molar-refractivity contribution in [3.8, 4) is 0 Å². The van der Waals surface area contributed by atoms with Crippen molar-refractivity contribution in [3.63, 3.8) is 0 Å². The molecule has 0 aromatic rings. The predicted octanol–water partition coefficient (Wildman–Crippen LogP) is 1.35. The molecule has 2 unspecified atom stereocenters. The SMILES string of the molecule is O=S1(=O)CCCC2(CC(Cl)CCO2)C1. The van der Waals surface area contributed by atoms with Gasteiger partial charge in [-0.2, -0.15) is 0 Å². The van der Waals surface area contributed by atoms with Gasteiger partial charge >= 0.3 is 0 Å². The number of ether oxygens (including phenoxy) is 1. The van der Waals surface area contributed by atoms with Crippen molar-refractivity contribution in [2.45, 2.75) is 36.7 Å². The Morgan fingerprint density at radius 2 is 2.21 bits per heavy atom. The first kappa shape index (κ1) is 10.7. The van der Waals surface area contributed by atoms with Crippen LogP contribution in [0.4, 0.5) is 0 Å². The van der Waals surface area contributed by atoms with Gasteiger partial charge in [0.2, 0.25) is 0 Å². The van der Waals surface area contributed by atoms with Gasteiger partial charge in [0.25, 0.3) is 0 Å². The molecule has 0 saturated carbocycles. The molecule has 1 spiro atoms. The Labute approximate surface area is 89.7 Å². The van der Waals surface area contributed by atoms with Crippen LogP contribution >= 0.6 is 11.6 Å². The molecule has 0 amide bonds. The van der Waals surface area contributed by atoms with Crippen molar-refractivity contribution in [2.24, 2.45) is 0 Å². The van der Waals surface area contributed by atoms with Crippen LogP contribution in [0.1, 0.15) is 25.7 Å². The fourth-order valence-electron chi connectivity index (χ4n) is 2.40. The summed E-state index contributed by atoms with van der Waals surface area (Å²) in [6.07, 6.45) is 3.08. The molecule has 82 valence electrons. The summed E-state index contributed by atoms with van der Waals surface area (Å²) in [6, 6.07) is 0. The fraction of sp³-hybridized carbons (Fsp3) is 1.00. The molecule has 0 N–H and O–H groups in total. The molecule has 3 nitrogen and oxygen atoms in total. The summed E-state index contributed by atoms with van der Waals surface area (Å²) in [4.78, 5) is 0. The highest BCUT2D eigenvalue weighted by atomic mass is 35.5. The molecule has 2 aliphatic rings. The smallest absolute Gasteiger partial charge is 0.153 e. The number of sulfone groups is 1. The van der Waals surface area contributed by atoms with Crippen LogP contribution in [0.5, 0.6) is 0 Å². The Morgan fingerprint density at radius 1 is 1.43 bits per heavy atom. The first-order valence-electron chi connectivity index (χ1n) is 5.00. The van der Waals surface area contributed by atoms with E-state index in [1.54, 1.807) is 0 Å². The topological polar surface area (TPSA) is 43.4 Å². The van der Waals surface area contributed by atoms with Crippen molar-refractivity contribution in [2.75, 3.05) is 18.1 Å². The van der Waals surface area contributed by atoms with Crippen molar-refractivity contribution in [1.29, 1.82) is 0 Å². The molecule has 5 heteroatoms. The molecular weight excluding hydrogens is 224 g/mol. The lowest BCUT2D eigenvalue weighted by molar-refractivity contribution is -0.0681. The van der Waals surface area contributed by atoms with Gasteiger partial charge in [0.1, 0.15) is 0 Å². The maximum atomic E-state index is 11.5. The highest BCUT2D eigenvalue weighted by molar-refractivity contribution is 7.91. The second kappa shape index (κ2) is 3.65. The number of hydrogen-bond donors (Lipinski definition) is 0. The van der Waals surface area contributed by atoms with Gasteiger partial charge in [0.15, 0.2) is 9.84 Å². The van der Waals surface area contributed by atoms with E-state index in [9.17, 15) is 8.42 Å². The highest BCUT2D eigenvalue weighted by Crippen LogP contribution is 2.36. The Balaban J connectivity index is 2.14. The zero-order valence-electron chi connectivity index (χ0n) is 8.04. The van der Waals surface area contributed by atoms with Crippen LogP contribution in [-0.4, -0.2) is 37.5 Å². The average molecular weight is 239 g/mol. The van der Waals surface area contributed by atoms with Gasteiger partial charge in [-0.05, 0) is 25.7 Å². The third kappa shape index (κ3) is 2.23. The molecule has 2 aliphatic heterocycles. The lowest BCUT2D eigenvalue weighted by Crippen LogP contribution is -2.49. The second-order valence-corrected chi connectivity index (χ2v) is 7.12. The first-order valence-corrected chi connectivity index (χ1v) is 7.26. The standard InChI is InChI=1S/C9H15ClO3S/c10-8-2-4-13-9(6-8)3-1-5-14(11,12)7-9/h8H,1-7H2. The van der Waals surface area contributed by atoms with Crippen LogP contribution in [0.25, 0.3) is 0 Å². The fourth-order valence-corrected chi connectivity index (χ4v) is 4.65. The van der Waals surface area contributed by atoms with Crippen LogP contribution in [0.15, 0.2) is 0 Å². The van der Waals surface area contributed by atoms with Crippen LogP contribution in [-0.2, 0) is 14.6 Å². The molecule has 2 rings (SSSR count). The molecule has 0 radical (unpaired) electrons. The molecule has 0 aromatic carbocycles. The highest BCUT2D eigenvalue weighted by Gasteiger charge is 2.43. The van der Waals surface area contributed by atoms with E-state index in [0.29, 0.717) is 25.2 Å². The molecule has 14 heavy (non-hydrogen) atoms. The summed E-state index contributed by atoms with van der Waals surface area (Å²) >= 11 is 6.06. The number of alkyl halides is 1. The van der Waals surface area contributed by atoms with Gasteiger partial charge < -0.3 is 4.74 Å². The predicted molar refractivity (Wildman–Crippen MR) is 55.4 cm³/mol. The number of rotatable bonds is 0. The van der Waals surface area contributed by atoms with Gasteiger partial charge in [-0.25, -0.2) is 8.42 Å². The van der Waals surface area contributed by atoms with Gasteiger partial charge in [-0.15, -0.1) is 11.6 Å². The minimum absolute atomic E-state index is 0.0806. The van der Waals surface area contributed by atoms with E-state index in [0.717, 1.165) is 12.8 Å². The largest absolute Gasteiger partial charge is 0.374 e.